The predicted octanol–water partition coefficient (Wildman–Crippen LogP) is 3.12. The number of aliphatic carboxylic acids is 1. The third-order valence-electron chi connectivity index (χ3n) is 2.50. The maximum absolute atomic E-state index is 10.9. The number of H-pyrrole nitrogens is 1. The fourth-order valence-corrected chi connectivity index (χ4v) is 2.15. The van der Waals surface area contributed by atoms with Crippen molar-refractivity contribution in [1.29, 1.82) is 0 Å². The molecular formula is C11H10BrNO2. The largest absolute Gasteiger partial charge is 0.481 e. The molecule has 1 aromatic heterocycles. The van der Waals surface area contributed by atoms with E-state index in [0.717, 1.165) is 20.9 Å². The summed E-state index contributed by atoms with van der Waals surface area (Å²) in [5.74, 6) is -1.29. The van der Waals surface area contributed by atoms with E-state index in [1.54, 1.807) is 6.92 Å². The second-order valence-corrected chi connectivity index (χ2v) is 4.36. The lowest BCUT2D eigenvalue weighted by Gasteiger charge is -2.07. The van der Waals surface area contributed by atoms with Gasteiger partial charge < -0.3 is 10.1 Å². The predicted molar refractivity (Wildman–Crippen MR) is 62.0 cm³/mol. The highest BCUT2D eigenvalue weighted by atomic mass is 79.9. The number of carbonyl (C=O) groups is 1. The van der Waals surface area contributed by atoms with E-state index in [-0.39, 0.29) is 0 Å². The van der Waals surface area contributed by atoms with Gasteiger partial charge in [0.2, 0.25) is 0 Å². The van der Waals surface area contributed by atoms with Gasteiger partial charge in [-0.25, -0.2) is 0 Å². The number of rotatable bonds is 2. The van der Waals surface area contributed by atoms with Crippen LogP contribution in [0.5, 0.6) is 0 Å². The van der Waals surface area contributed by atoms with Crippen LogP contribution in [0, 0.1) is 0 Å². The zero-order valence-corrected chi connectivity index (χ0v) is 9.71. The Bertz CT molecular complexity index is 518. The van der Waals surface area contributed by atoms with Crippen molar-refractivity contribution in [3.8, 4) is 0 Å². The minimum atomic E-state index is -0.809. The molecule has 0 saturated carbocycles. The first-order valence-electron chi connectivity index (χ1n) is 4.59. The Morgan fingerprint density at radius 3 is 2.93 bits per heavy atom. The summed E-state index contributed by atoms with van der Waals surface area (Å²) in [6, 6.07) is 5.67. The number of hydrogen-bond donors (Lipinski definition) is 2. The molecule has 4 heteroatoms. The molecule has 1 heterocycles. The van der Waals surface area contributed by atoms with Crippen molar-refractivity contribution < 1.29 is 9.90 Å². The Balaban J connectivity index is 2.58. The Morgan fingerprint density at radius 2 is 2.27 bits per heavy atom. The van der Waals surface area contributed by atoms with Gasteiger partial charge in [-0.1, -0.05) is 0 Å². The summed E-state index contributed by atoms with van der Waals surface area (Å²) in [6.45, 7) is 1.68. The van der Waals surface area contributed by atoms with Crippen LogP contribution in [0.25, 0.3) is 10.9 Å². The van der Waals surface area contributed by atoms with Gasteiger partial charge in [0.25, 0.3) is 0 Å². The van der Waals surface area contributed by atoms with Gasteiger partial charge in [-0.15, -0.1) is 0 Å². The molecule has 15 heavy (non-hydrogen) atoms. The maximum atomic E-state index is 10.9. The van der Waals surface area contributed by atoms with Gasteiger partial charge in [-0.3, -0.25) is 4.79 Å². The minimum Gasteiger partial charge on any atom is -0.481 e. The van der Waals surface area contributed by atoms with Crippen molar-refractivity contribution >= 4 is 32.8 Å². The van der Waals surface area contributed by atoms with Crippen molar-refractivity contribution in [3.05, 3.63) is 34.4 Å². The summed E-state index contributed by atoms with van der Waals surface area (Å²) in [5, 5.41) is 9.95. The van der Waals surface area contributed by atoms with Crippen LogP contribution in [0.3, 0.4) is 0 Å². The normalized spacial score (nSPS) is 12.9. The maximum Gasteiger partial charge on any atom is 0.310 e. The number of aromatic amines is 1. The first-order chi connectivity index (χ1) is 7.09. The molecule has 0 radical (unpaired) electrons. The molecule has 0 aliphatic carbocycles. The number of carboxylic acid groups (broad SMARTS) is 1. The molecule has 2 N–H and O–H groups in total. The second kappa shape index (κ2) is 3.70. The molecule has 78 valence electrons. The van der Waals surface area contributed by atoms with Crippen LogP contribution in [0.15, 0.2) is 28.9 Å². The van der Waals surface area contributed by atoms with Crippen LogP contribution in [0.2, 0.25) is 0 Å². The lowest BCUT2D eigenvalue weighted by molar-refractivity contribution is -0.138. The fraction of sp³-hybridized carbons (Fsp3) is 0.182. The number of hydrogen-bond acceptors (Lipinski definition) is 1. The van der Waals surface area contributed by atoms with Crippen molar-refractivity contribution in [3.63, 3.8) is 0 Å². The summed E-state index contributed by atoms with van der Waals surface area (Å²) in [5.41, 5.74) is 1.80. The number of carboxylic acids is 1. The molecule has 2 aromatic rings. The average molecular weight is 268 g/mol. The monoisotopic (exact) mass is 267 g/mol. The molecule has 0 fully saturated rings. The topological polar surface area (TPSA) is 53.1 Å². The van der Waals surface area contributed by atoms with E-state index in [2.05, 4.69) is 20.9 Å². The number of benzene rings is 1. The third-order valence-corrected chi connectivity index (χ3v) is 3.13. The first kappa shape index (κ1) is 10.2. The highest BCUT2D eigenvalue weighted by molar-refractivity contribution is 9.10. The molecule has 0 aliphatic heterocycles. The van der Waals surface area contributed by atoms with Gasteiger partial charge in [0, 0.05) is 16.1 Å². The van der Waals surface area contributed by atoms with Crippen molar-refractivity contribution in [2.45, 2.75) is 12.8 Å². The van der Waals surface area contributed by atoms with Gasteiger partial charge in [0.15, 0.2) is 0 Å². The summed E-state index contributed by atoms with van der Waals surface area (Å²) < 4.78 is 0.896. The van der Waals surface area contributed by atoms with Gasteiger partial charge in [-0.05, 0) is 46.6 Å². The van der Waals surface area contributed by atoms with Gasteiger partial charge in [-0.2, -0.15) is 0 Å². The lowest BCUT2D eigenvalue weighted by Crippen LogP contribution is -2.07. The Morgan fingerprint density at radius 1 is 1.53 bits per heavy atom. The Hall–Kier alpha value is -1.29. The van der Waals surface area contributed by atoms with Crippen molar-refractivity contribution in [1.82, 2.24) is 4.98 Å². The van der Waals surface area contributed by atoms with E-state index in [0.29, 0.717) is 0 Å². The zero-order chi connectivity index (χ0) is 11.0. The summed E-state index contributed by atoms with van der Waals surface area (Å²) in [4.78, 5) is 14.0. The van der Waals surface area contributed by atoms with E-state index < -0.39 is 11.9 Å². The second-order valence-electron chi connectivity index (χ2n) is 3.50. The van der Waals surface area contributed by atoms with Crippen LogP contribution in [-0.2, 0) is 4.79 Å². The smallest absolute Gasteiger partial charge is 0.310 e. The number of aromatic nitrogens is 1. The number of nitrogens with one attached hydrogen (secondary N) is 1. The van der Waals surface area contributed by atoms with E-state index in [4.69, 9.17) is 5.11 Å². The molecular weight excluding hydrogens is 258 g/mol. The standard InChI is InChI=1S/C11H10BrNO2/c1-6(11(14)15)8-4-7-2-3-13-10(7)9(12)5-8/h2-6,13H,1H3,(H,14,15). The summed E-state index contributed by atoms with van der Waals surface area (Å²) in [7, 11) is 0. The molecule has 0 saturated heterocycles. The quantitative estimate of drug-likeness (QED) is 0.879. The van der Waals surface area contributed by atoms with E-state index >= 15 is 0 Å². The molecule has 2 rings (SSSR count). The molecule has 0 spiro atoms. The first-order valence-corrected chi connectivity index (χ1v) is 5.38. The summed E-state index contributed by atoms with van der Waals surface area (Å²) in [6.07, 6.45) is 1.84. The third kappa shape index (κ3) is 1.77. The summed E-state index contributed by atoms with van der Waals surface area (Å²) >= 11 is 3.42. The van der Waals surface area contributed by atoms with Gasteiger partial charge >= 0.3 is 5.97 Å². The average Bonchev–Trinajstić information content (AvgIpc) is 2.64. The Labute approximate surface area is 95.2 Å². The number of halogens is 1. The molecule has 0 bridgehead atoms. The molecule has 3 nitrogen and oxygen atoms in total. The van der Waals surface area contributed by atoms with Crippen LogP contribution >= 0.6 is 15.9 Å². The van der Waals surface area contributed by atoms with Crippen LogP contribution in [0.1, 0.15) is 18.4 Å². The molecule has 1 aromatic carbocycles. The van der Waals surface area contributed by atoms with E-state index in [1.165, 1.54) is 0 Å². The van der Waals surface area contributed by atoms with Crippen LogP contribution in [0.4, 0.5) is 0 Å². The fourth-order valence-electron chi connectivity index (χ4n) is 1.54. The van der Waals surface area contributed by atoms with E-state index in [9.17, 15) is 4.79 Å². The Kier molecular flexibility index (Phi) is 2.52. The van der Waals surface area contributed by atoms with E-state index in [1.807, 2.05) is 24.4 Å². The van der Waals surface area contributed by atoms with Crippen LogP contribution < -0.4 is 0 Å². The van der Waals surface area contributed by atoms with Crippen molar-refractivity contribution in [2.75, 3.05) is 0 Å². The van der Waals surface area contributed by atoms with Gasteiger partial charge in [0.1, 0.15) is 0 Å². The molecule has 1 unspecified atom stereocenters. The molecule has 0 aliphatic rings. The van der Waals surface area contributed by atoms with Crippen LogP contribution in [-0.4, -0.2) is 16.1 Å². The SMILES string of the molecule is CC(C(=O)O)c1cc(Br)c2[nH]ccc2c1. The highest BCUT2D eigenvalue weighted by Gasteiger charge is 2.15. The minimum absolute atomic E-state index is 0.486. The lowest BCUT2D eigenvalue weighted by atomic mass is 10.0. The van der Waals surface area contributed by atoms with Gasteiger partial charge in [0.05, 0.1) is 11.4 Å². The highest BCUT2D eigenvalue weighted by Crippen LogP contribution is 2.28. The van der Waals surface area contributed by atoms with Crippen molar-refractivity contribution in [2.24, 2.45) is 0 Å². The zero-order valence-electron chi connectivity index (χ0n) is 8.12. The molecule has 1 atom stereocenters. The molecule has 0 amide bonds. The number of fused-ring (bicyclic) bond motifs is 1.